The molecule has 0 aromatic heterocycles. The molecule has 4 heteroatoms. The molecule has 0 heterocycles. The van der Waals surface area contributed by atoms with E-state index < -0.39 is 0 Å². The second-order valence-electron chi connectivity index (χ2n) is 4.73. The van der Waals surface area contributed by atoms with E-state index >= 15 is 0 Å². The van der Waals surface area contributed by atoms with Crippen LogP contribution in [0.4, 0.5) is 0 Å². The van der Waals surface area contributed by atoms with Crippen LogP contribution in [0, 0.1) is 0 Å². The number of hydrogen-bond donors (Lipinski definition) is 0. The quantitative estimate of drug-likeness (QED) is 0.686. The van der Waals surface area contributed by atoms with Crippen LogP contribution in [0.25, 0.3) is 0 Å². The third-order valence-corrected chi connectivity index (χ3v) is 3.09. The lowest BCUT2D eigenvalue weighted by atomic mass is 10.1. The van der Waals surface area contributed by atoms with Crippen LogP contribution in [0.3, 0.4) is 0 Å². The summed E-state index contributed by atoms with van der Waals surface area (Å²) >= 11 is 0. The molecule has 0 N–H and O–H groups in total. The zero-order chi connectivity index (χ0) is 14.8. The Morgan fingerprint density at radius 1 is 1.20 bits per heavy atom. The number of aryl methyl sites for hydroxylation is 1. The van der Waals surface area contributed by atoms with Crippen LogP contribution in [-0.4, -0.2) is 37.0 Å². The van der Waals surface area contributed by atoms with E-state index in [9.17, 15) is 9.59 Å². The van der Waals surface area contributed by atoms with Crippen molar-refractivity contribution >= 4 is 11.9 Å². The van der Waals surface area contributed by atoms with Crippen molar-refractivity contribution in [2.75, 3.05) is 20.2 Å². The molecule has 0 aliphatic carbocycles. The molecular formula is C16H23NO3. The van der Waals surface area contributed by atoms with E-state index in [0.29, 0.717) is 13.0 Å². The van der Waals surface area contributed by atoms with Crippen LogP contribution < -0.4 is 0 Å². The highest BCUT2D eigenvalue weighted by molar-refractivity contribution is 5.82. The van der Waals surface area contributed by atoms with E-state index in [1.54, 1.807) is 4.90 Å². The van der Waals surface area contributed by atoms with Crippen LogP contribution in [0.2, 0.25) is 0 Å². The van der Waals surface area contributed by atoms with E-state index in [1.165, 1.54) is 12.7 Å². The lowest BCUT2D eigenvalue weighted by molar-refractivity contribution is -0.147. The highest BCUT2D eigenvalue weighted by Crippen LogP contribution is 2.07. The average molecular weight is 277 g/mol. The maximum Gasteiger partial charge on any atom is 0.325 e. The Balaban J connectivity index is 2.39. The summed E-state index contributed by atoms with van der Waals surface area (Å²) in [5.74, 6) is -0.344. The van der Waals surface area contributed by atoms with Crippen molar-refractivity contribution in [2.45, 2.75) is 32.6 Å². The first-order valence-electron chi connectivity index (χ1n) is 7.06. The summed E-state index contributed by atoms with van der Waals surface area (Å²) in [6, 6.07) is 10.1. The topological polar surface area (TPSA) is 46.6 Å². The fraction of sp³-hybridized carbons (Fsp3) is 0.500. The first-order valence-corrected chi connectivity index (χ1v) is 7.06. The van der Waals surface area contributed by atoms with Gasteiger partial charge in [0, 0.05) is 13.0 Å². The first-order chi connectivity index (χ1) is 9.67. The summed E-state index contributed by atoms with van der Waals surface area (Å²) in [4.78, 5) is 25.0. The maximum absolute atomic E-state index is 12.1. The minimum Gasteiger partial charge on any atom is -0.468 e. The molecule has 0 saturated heterocycles. The van der Waals surface area contributed by atoms with Gasteiger partial charge < -0.3 is 9.64 Å². The molecule has 110 valence electrons. The second kappa shape index (κ2) is 9.13. The zero-order valence-electron chi connectivity index (χ0n) is 12.3. The number of benzene rings is 1. The molecule has 4 nitrogen and oxygen atoms in total. The molecule has 0 unspecified atom stereocenters. The minimum absolute atomic E-state index is 0.0215. The van der Waals surface area contributed by atoms with Gasteiger partial charge in [0.15, 0.2) is 0 Å². The van der Waals surface area contributed by atoms with Gasteiger partial charge in [0.1, 0.15) is 6.54 Å². The lowest BCUT2D eigenvalue weighted by Crippen LogP contribution is -2.36. The van der Waals surface area contributed by atoms with Gasteiger partial charge in [-0.2, -0.15) is 0 Å². The van der Waals surface area contributed by atoms with Crippen LogP contribution >= 0.6 is 0 Å². The van der Waals surface area contributed by atoms with Gasteiger partial charge in [-0.15, -0.1) is 0 Å². The van der Waals surface area contributed by atoms with Crippen LogP contribution in [0.1, 0.15) is 31.7 Å². The minimum atomic E-state index is -0.366. The summed E-state index contributed by atoms with van der Waals surface area (Å²) in [5, 5.41) is 0. The molecular weight excluding hydrogens is 254 g/mol. The van der Waals surface area contributed by atoms with Gasteiger partial charge in [0.2, 0.25) is 5.91 Å². The Hall–Kier alpha value is -1.84. The number of carbonyl (C=O) groups excluding carboxylic acids is 2. The molecule has 0 atom stereocenters. The fourth-order valence-corrected chi connectivity index (χ4v) is 2.03. The molecule has 1 aromatic rings. The standard InChI is InChI=1S/C16H23NO3/c1-3-12-17(13-16(19)20-2)15(18)11-7-10-14-8-5-4-6-9-14/h4-6,8-9H,3,7,10-13H2,1-2H3. The molecule has 0 radical (unpaired) electrons. The smallest absolute Gasteiger partial charge is 0.325 e. The van der Waals surface area contributed by atoms with Crippen LogP contribution in [-0.2, 0) is 20.7 Å². The molecule has 1 rings (SSSR count). The van der Waals surface area contributed by atoms with E-state index in [4.69, 9.17) is 0 Å². The van der Waals surface area contributed by atoms with Gasteiger partial charge >= 0.3 is 5.97 Å². The van der Waals surface area contributed by atoms with Gasteiger partial charge in [-0.3, -0.25) is 9.59 Å². The normalized spacial score (nSPS) is 10.1. The molecule has 0 aliphatic rings. The van der Waals surface area contributed by atoms with Crippen molar-refractivity contribution < 1.29 is 14.3 Å². The van der Waals surface area contributed by atoms with Crippen molar-refractivity contribution in [3.8, 4) is 0 Å². The summed E-state index contributed by atoms with van der Waals surface area (Å²) in [7, 11) is 1.34. The van der Waals surface area contributed by atoms with Gasteiger partial charge in [0.05, 0.1) is 7.11 Å². The summed E-state index contributed by atoms with van der Waals surface area (Å²) in [6.07, 6.45) is 2.97. The highest BCUT2D eigenvalue weighted by Gasteiger charge is 2.16. The highest BCUT2D eigenvalue weighted by atomic mass is 16.5. The van der Waals surface area contributed by atoms with Gasteiger partial charge in [0.25, 0.3) is 0 Å². The number of carbonyl (C=O) groups is 2. The first kappa shape index (κ1) is 16.2. The maximum atomic E-state index is 12.1. The van der Waals surface area contributed by atoms with Gasteiger partial charge in [-0.1, -0.05) is 37.3 Å². The third-order valence-electron chi connectivity index (χ3n) is 3.09. The van der Waals surface area contributed by atoms with Crippen LogP contribution in [0.15, 0.2) is 30.3 Å². The van der Waals surface area contributed by atoms with E-state index in [-0.39, 0.29) is 18.4 Å². The van der Waals surface area contributed by atoms with Gasteiger partial charge in [-0.05, 0) is 24.8 Å². The molecule has 1 amide bonds. The summed E-state index contributed by atoms with van der Waals surface area (Å²) in [5.41, 5.74) is 1.23. The van der Waals surface area contributed by atoms with Crippen molar-refractivity contribution in [3.05, 3.63) is 35.9 Å². The predicted octanol–water partition coefficient (Wildman–Crippen LogP) is 2.42. The summed E-state index contributed by atoms with van der Waals surface area (Å²) < 4.78 is 4.62. The number of amides is 1. The third kappa shape index (κ3) is 5.87. The number of hydrogen-bond acceptors (Lipinski definition) is 3. The van der Waals surface area contributed by atoms with Crippen molar-refractivity contribution in [2.24, 2.45) is 0 Å². The Kier molecular flexibility index (Phi) is 7.40. The Labute approximate surface area is 120 Å². The Morgan fingerprint density at radius 2 is 1.90 bits per heavy atom. The molecule has 20 heavy (non-hydrogen) atoms. The number of rotatable bonds is 8. The molecule has 0 aliphatic heterocycles. The molecule has 0 spiro atoms. The SMILES string of the molecule is CCCN(CC(=O)OC)C(=O)CCCc1ccccc1. The number of esters is 1. The summed E-state index contributed by atoms with van der Waals surface area (Å²) in [6.45, 7) is 2.63. The monoisotopic (exact) mass is 277 g/mol. The molecule has 0 bridgehead atoms. The van der Waals surface area contributed by atoms with E-state index in [1.807, 2.05) is 25.1 Å². The second-order valence-corrected chi connectivity index (χ2v) is 4.73. The van der Waals surface area contributed by atoms with Crippen molar-refractivity contribution in [1.82, 2.24) is 4.90 Å². The van der Waals surface area contributed by atoms with Crippen LogP contribution in [0.5, 0.6) is 0 Å². The lowest BCUT2D eigenvalue weighted by Gasteiger charge is -2.20. The fourth-order valence-electron chi connectivity index (χ4n) is 2.03. The predicted molar refractivity (Wildman–Crippen MR) is 78.3 cm³/mol. The van der Waals surface area contributed by atoms with Crippen molar-refractivity contribution in [3.63, 3.8) is 0 Å². The number of nitrogens with zero attached hydrogens (tertiary/aromatic N) is 1. The number of ether oxygens (including phenoxy) is 1. The molecule has 0 fully saturated rings. The number of methoxy groups -OCH3 is 1. The largest absolute Gasteiger partial charge is 0.468 e. The molecule has 0 saturated carbocycles. The van der Waals surface area contributed by atoms with Gasteiger partial charge in [-0.25, -0.2) is 0 Å². The van der Waals surface area contributed by atoms with E-state index in [0.717, 1.165) is 19.3 Å². The Bertz CT molecular complexity index is 417. The average Bonchev–Trinajstić information content (AvgIpc) is 2.47. The zero-order valence-corrected chi connectivity index (χ0v) is 12.3. The molecule has 1 aromatic carbocycles. The van der Waals surface area contributed by atoms with Crippen molar-refractivity contribution in [1.29, 1.82) is 0 Å². The Morgan fingerprint density at radius 3 is 2.50 bits per heavy atom. The van der Waals surface area contributed by atoms with E-state index in [2.05, 4.69) is 16.9 Å².